The number of nitrogens with one attached hydrogen (secondary N) is 3. The Bertz CT molecular complexity index is 1120. The van der Waals surface area contributed by atoms with Crippen molar-refractivity contribution in [3.05, 3.63) is 42.0 Å². The molecule has 1 aromatic heterocycles. The van der Waals surface area contributed by atoms with Crippen LogP contribution in [-0.4, -0.2) is 59.6 Å². The van der Waals surface area contributed by atoms with E-state index in [0.717, 1.165) is 24.3 Å². The number of aromatic nitrogens is 3. The van der Waals surface area contributed by atoms with Gasteiger partial charge in [0.05, 0.1) is 17.1 Å². The quantitative estimate of drug-likeness (QED) is 0.469. The summed E-state index contributed by atoms with van der Waals surface area (Å²) in [6, 6.07) is 1.58. The van der Waals surface area contributed by atoms with Crippen LogP contribution in [0.15, 0.2) is 35.4 Å². The third-order valence-corrected chi connectivity index (χ3v) is 6.29. The first kappa shape index (κ1) is 23.5. The van der Waals surface area contributed by atoms with Gasteiger partial charge >= 0.3 is 0 Å². The minimum atomic E-state index is -4.16. The molecular weight excluding hydrogens is 443 g/mol. The van der Waals surface area contributed by atoms with Gasteiger partial charge in [-0.05, 0) is 30.2 Å². The number of halogens is 1. The molecule has 0 saturated heterocycles. The summed E-state index contributed by atoms with van der Waals surface area (Å²) in [4.78, 5) is 37.5. The first-order valence-electron chi connectivity index (χ1n) is 9.86. The van der Waals surface area contributed by atoms with E-state index in [1.165, 1.54) is 4.68 Å². The number of fused-ring (bicyclic) bond motifs is 2. The van der Waals surface area contributed by atoms with Crippen molar-refractivity contribution in [1.29, 1.82) is 0 Å². The van der Waals surface area contributed by atoms with Crippen LogP contribution in [-0.2, 0) is 37.4 Å². The number of Topliss-reactive ketones (excluding diaryl/α,β-unsaturated/α-hetero) is 1. The Morgan fingerprint density at radius 2 is 1.94 bits per heavy atom. The fraction of sp³-hybridized carbons (Fsp3) is 0.421. The van der Waals surface area contributed by atoms with Gasteiger partial charge < -0.3 is 10.6 Å². The molecular formula is C19H23FN6O5S. The molecule has 2 atom stereocenters. The summed E-state index contributed by atoms with van der Waals surface area (Å²) in [7, 11) is -4.16. The summed E-state index contributed by atoms with van der Waals surface area (Å²) in [6.07, 6.45) is 2.00. The Labute approximate surface area is 183 Å². The second kappa shape index (κ2) is 9.53. The topological polar surface area (TPSA) is 152 Å². The summed E-state index contributed by atoms with van der Waals surface area (Å²) in [5.74, 6) is -3.67. The van der Waals surface area contributed by atoms with E-state index < -0.39 is 51.4 Å². The molecule has 0 saturated carbocycles. The Morgan fingerprint density at radius 1 is 1.25 bits per heavy atom. The smallest absolute Gasteiger partial charge is 0.289 e. The molecule has 3 rings (SSSR count). The van der Waals surface area contributed by atoms with E-state index in [4.69, 9.17) is 0 Å². The first-order valence-corrected chi connectivity index (χ1v) is 11.3. The predicted octanol–water partition coefficient (Wildman–Crippen LogP) is -0.853. The maximum absolute atomic E-state index is 13.1. The molecule has 1 aliphatic rings. The number of rotatable bonds is 6. The zero-order chi connectivity index (χ0) is 23.5. The van der Waals surface area contributed by atoms with Crippen LogP contribution in [0.5, 0.6) is 0 Å². The number of benzene rings is 1. The monoisotopic (exact) mass is 466 g/mol. The summed E-state index contributed by atoms with van der Waals surface area (Å²) >= 11 is 0. The van der Waals surface area contributed by atoms with Crippen LogP contribution in [0.2, 0.25) is 0 Å². The highest BCUT2D eigenvalue weighted by Crippen LogP contribution is 2.13. The standard InChI is InChI=1S/C19H23FN6O5S/c1-11(2)16(24-32(30,31)14-5-3-12(20)4-6-14)18(28)22-15-10-26-9-13(23-25-26)7-8-21-19(29)17(15)27/h3-6,9,11,15-16,24H,7-8,10H2,1-2H3,(H,21,29)(H,22,28). The van der Waals surface area contributed by atoms with E-state index in [1.54, 1.807) is 20.0 Å². The lowest BCUT2D eigenvalue weighted by Gasteiger charge is -2.25. The minimum Gasteiger partial charge on any atom is -0.349 e. The third-order valence-electron chi connectivity index (χ3n) is 4.83. The van der Waals surface area contributed by atoms with Crippen molar-refractivity contribution in [2.75, 3.05) is 6.54 Å². The zero-order valence-electron chi connectivity index (χ0n) is 17.4. The molecule has 11 nitrogen and oxygen atoms in total. The second-order valence-corrected chi connectivity index (χ2v) is 9.37. The van der Waals surface area contributed by atoms with Gasteiger partial charge in [0.2, 0.25) is 21.7 Å². The van der Waals surface area contributed by atoms with Crippen LogP contribution in [0.4, 0.5) is 4.39 Å². The van der Waals surface area contributed by atoms with Gasteiger partial charge in [-0.1, -0.05) is 19.1 Å². The summed E-state index contributed by atoms with van der Waals surface area (Å²) in [5.41, 5.74) is 0.608. The van der Waals surface area contributed by atoms with Crippen molar-refractivity contribution in [1.82, 2.24) is 30.3 Å². The Balaban J connectivity index is 1.81. The van der Waals surface area contributed by atoms with Crippen LogP contribution < -0.4 is 15.4 Å². The van der Waals surface area contributed by atoms with Gasteiger partial charge in [0, 0.05) is 19.2 Å². The molecule has 2 heterocycles. The molecule has 0 spiro atoms. The van der Waals surface area contributed by atoms with Gasteiger partial charge in [-0.3, -0.25) is 14.4 Å². The molecule has 2 unspecified atom stereocenters. The SMILES string of the molecule is CC(C)C(NS(=O)(=O)c1ccc(F)cc1)C(=O)NC1Cn2cc(nn2)CCNC(=O)C1=O. The maximum Gasteiger partial charge on any atom is 0.289 e. The Morgan fingerprint density at radius 3 is 2.59 bits per heavy atom. The molecule has 0 fully saturated rings. The normalized spacial score (nSPS) is 18.2. The Kier molecular flexibility index (Phi) is 6.99. The van der Waals surface area contributed by atoms with Gasteiger partial charge in [0.15, 0.2) is 0 Å². The highest BCUT2D eigenvalue weighted by molar-refractivity contribution is 7.89. The molecule has 1 aromatic carbocycles. The largest absolute Gasteiger partial charge is 0.349 e. The molecule has 0 aliphatic carbocycles. The lowest BCUT2D eigenvalue weighted by Crippen LogP contribution is -2.56. The van der Waals surface area contributed by atoms with Crippen molar-refractivity contribution < 1.29 is 27.2 Å². The summed E-state index contributed by atoms with van der Waals surface area (Å²) in [6.45, 7) is 3.25. The number of hydrogen-bond donors (Lipinski definition) is 3. The number of sulfonamides is 1. The zero-order valence-corrected chi connectivity index (χ0v) is 18.2. The van der Waals surface area contributed by atoms with Gasteiger partial charge in [0.25, 0.3) is 5.91 Å². The van der Waals surface area contributed by atoms with Crippen LogP contribution in [0.25, 0.3) is 0 Å². The van der Waals surface area contributed by atoms with Gasteiger partial charge in [-0.15, -0.1) is 5.10 Å². The molecule has 13 heteroatoms. The highest BCUT2D eigenvalue weighted by atomic mass is 32.2. The van der Waals surface area contributed by atoms with Crippen molar-refractivity contribution >= 4 is 27.6 Å². The fourth-order valence-electron chi connectivity index (χ4n) is 3.08. The fourth-order valence-corrected chi connectivity index (χ4v) is 4.42. The molecule has 1 aliphatic heterocycles. The van der Waals surface area contributed by atoms with Crippen LogP contribution in [0, 0.1) is 11.7 Å². The van der Waals surface area contributed by atoms with Crippen LogP contribution >= 0.6 is 0 Å². The van der Waals surface area contributed by atoms with Crippen molar-refractivity contribution in [2.45, 2.75) is 43.8 Å². The van der Waals surface area contributed by atoms with Crippen molar-refractivity contribution in [3.63, 3.8) is 0 Å². The number of hydrogen-bond acceptors (Lipinski definition) is 7. The van der Waals surface area contributed by atoms with E-state index in [9.17, 15) is 27.2 Å². The Hall–Kier alpha value is -3.19. The van der Waals surface area contributed by atoms with E-state index in [0.29, 0.717) is 12.1 Å². The molecule has 32 heavy (non-hydrogen) atoms. The third kappa shape index (κ3) is 5.53. The average Bonchev–Trinajstić information content (AvgIpc) is 3.17. The first-order chi connectivity index (χ1) is 15.1. The number of nitrogens with zero attached hydrogens (tertiary/aromatic N) is 3. The van der Waals surface area contributed by atoms with E-state index >= 15 is 0 Å². The van der Waals surface area contributed by atoms with E-state index in [1.807, 2.05) is 0 Å². The number of carbonyl (C=O) groups is 3. The molecule has 2 aromatic rings. The lowest BCUT2D eigenvalue weighted by molar-refractivity contribution is -0.140. The number of amides is 2. The summed E-state index contributed by atoms with van der Waals surface area (Å²) in [5, 5.41) is 12.7. The average molecular weight is 466 g/mol. The maximum atomic E-state index is 13.1. The number of carbonyl (C=O) groups excluding carboxylic acids is 3. The molecule has 3 N–H and O–H groups in total. The minimum absolute atomic E-state index is 0.152. The van der Waals surface area contributed by atoms with Gasteiger partial charge in [-0.2, -0.15) is 4.72 Å². The molecule has 0 radical (unpaired) electrons. The van der Waals surface area contributed by atoms with E-state index in [2.05, 4.69) is 25.7 Å². The lowest BCUT2D eigenvalue weighted by atomic mass is 10.0. The van der Waals surface area contributed by atoms with Crippen molar-refractivity contribution in [3.8, 4) is 0 Å². The number of ketones is 1. The predicted molar refractivity (Wildman–Crippen MR) is 109 cm³/mol. The van der Waals surface area contributed by atoms with Gasteiger partial charge in [-0.25, -0.2) is 17.5 Å². The summed E-state index contributed by atoms with van der Waals surface area (Å²) < 4.78 is 42.1. The molecule has 172 valence electrons. The molecule has 2 bridgehead atoms. The highest BCUT2D eigenvalue weighted by Gasteiger charge is 2.34. The van der Waals surface area contributed by atoms with E-state index in [-0.39, 0.29) is 18.0 Å². The van der Waals surface area contributed by atoms with Crippen LogP contribution in [0.3, 0.4) is 0 Å². The van der Waals surface area contributed by atoms with Crippen LogP contribution in [0.1, 0.15) is 19.5 Å². The second-order valence-electron chi connectivity index (χ2n) is 7.66. The van der Waals surface area contributed by atoms with Gasteiger partial charge in [0.1, 0.15) is 17.9 Å². The molecule has 2 amide bonds. The van der Waals surface area contributed by atoms with Crippen molar-refractivity contribution in [2.24, 2.45) is 5.92 Å².